The summed E-state index contributed by atoms with van der Waals surface area (Å²) in [6.07, 6.45) is 1.54. The first-order valence-electron chi connectivity index (χ1n) is 8.05. The minimum Gasteiger partial charge on any atom is -0.459 e. The number of aryl methyl sites for hydroxylation is 1. The molecule has 1 amide bonds. The maximum atomic E-state index is 12.4. The van der Waals surface area contributed by atoms with Crippen LogP contribution in [0, 0.1) is 6.92 Å². The molecule has 2 aromatic carbocycles. The number of hydrogen-bond acceptors (Lipinski definition) is 5. The van der Waals surface area contributed by atoms with Crippen LogP contribution in [0.25, 0.3) is 23.1 Å². The predicted octanol–water partition coefficient (Wildman–Crippen LogP) is 4.56. The summed E-state index contributed by atoms with van der Waals surface area (Å²) in [5, 5.41) is 10.9. The Morgan fingerprint density at radius 1 is 0.962 bits per heavy atom. The van der Waals surface area contributed by atoms with Gasteiger partial charge in [-0.1, -0.05) is 23.8 Å². The lowest BCUT2D eigenvalue weighted by atomic mass is 10.1. The maximum Gasteiger partial charge on any atom is 0.283 e. The van der Waals surface area contributed by atoms with Crippen LogP contribution in [0.5, 0.6) is 0 Å². The second-order valence-electron chi connectivity index (χ2n) is 5.79. The molecule has 0 unspecified atom stereocenters. The fourth-order valence-corrected chi connectivity index (χ4v) is 2.48. The number of carbonyl (C=O) groups excluding carboxylic acids is 1. The largest absolute Gasteiger partial charge is 0.459 e. The number of amides is 1. The van der Waals surface area contributed by atoms with Crippen molar-refractivity contribution in [3.63, 3.8) is 0 Å². The molecule has 0 bridgehead atoms. The molecule has 4 aromatic rings. The Bertz CT molecular complexity index is 1030. The van der Waals surface area contributed by atoms with Crippen molar-refractivity contribution in [2.45, 2.75) is 6.92 Å². The van der Waals surface area contributed by atoms with E-state index in [2.05, 4.69) is 15.5 Å². The van der Waals surface area contributed by atoms with Gasteiger partial charge in [0, 0.05) is 16.8 Å². The van der Waals surface area contributed by atoms with Gasteiger partial charge in [-0.05, 0) is 49.4 Å². The van der Waals surface area contributed by atoms with E-state index >= 15 is 0 Å². The summed E-state index contributed by atoms with van der Waals surface area (Å²) in [4.78, 5) is 12.4. The maximum absolute atomic E-state index is 12.4. The third kappa shape index (κ3) is 3.25. The fourth-order valence-electron chi connectivity index (χ4n) is 2.48. The molecule has 1 N–H and O–H groups in total. The van der Waals surface area contributed by atoms with Crippen LogP contribution in [0.1, 0.15) is 15.9 Å². The molecule has 6 heteroatoms. The van der Waals surface area contributed by atoms with Crippen molar-refractivity contribution in [3.05, 3.63) is 78.1 Å². The van der Waals surface area contributed by atoms with Crippen LogP contribution in [0.4, 0.5) is 5.69 Å². The number of rotatable bonds is 4. The van der Waals surface area contributed by atoms with Crippen molar-refractivity contribution in [2.24, 2.45) is 0 Å². The van der Waals surface area contributed by atoms with Gasteiger partial charge in [-0.2, -0.15) is 0 Å². The molecular weight excluding hydrogens is 330 g/mol. The predicted molar refractivity (Wildman–Crippen MR) is 96.6 cm³/mol. The van der Waals surface area contributed by atoms with E-state index in [1.165, 1.54) is 0 Å². The van der Waals surface area contributed by atoms with E-state index in [9.17, 15) is 4.79 Å². The Hall–Kier alpha value is -3.67. The van der Waals surface area contributed by atoms with Crippen molar-refractivity contribution in [1.29, 1.82) is 0 Å². The van der Waals surface area contributed by atoms with E-state index in [1.807, 2.05) is 31.2 Å². The van der Waals surface area contributed by atoms with Gasteiger partial charge >= 0.3 is 0 Å². The second-order valence-corrected chi connectivity index (χ2v) is 5.79. The third-order valence-electron chi connectivity index (χ3n) is 3.84. The Morgan fingerprint density at radius 3 is 2.54 bits per heavy atom. The third-order valence-corrected chi connectivity index (χ3v) is 3.84. The highest BCUT2D eigenvalue weighted by Gasteiger charge is 2.13. The van der Waals surface area contributed by atoms with Crippen LogP contribution in [0.15, 0.2) is 75.8 Å². The second kappa shape index (κ2) is 6.68. The molecule has 2 heterocycles. The molecule has 128 valence electrons. The van der Waals surface area contributed by atoms with Crippen molar-refractivity contribution in [3.8, 4) is 23.1 Å². The lowest BCUT2D eigenvalue weighted by Crippen LogP contribution is -2.11. The van der Waals surface area contributed by atoms with E-state index in [4.69, 9.17) is 8.83 Å². The number of aromatic nitrogens is 2. The lowest BCUT2D eigenvalue weighted by molar-refractivity contribution is 0.102. The van der Waals surface area contributed by atoms with Gasteiger partial charge in [0.15, 0.2) is 5.76 Å². The van der Waals surface area contributed by atoms with Gasteiger partial charge in [-0.3, -0.25) is 4.79 Å². The number of hydrogen-bond donors (Lipinski definition) is 1. The fraction of sp³-hybridized carbons (Fsp3) is 0.0500. The first-order chi connectivity index (χ1) is 12.7. The highest BCUT2D eigenvalue weighted by molar-refractivity contribution is 6.04. The zero-order valence-corrected chi connectivity index (χ0v) is 14.0. The van der Waals surface area contributed by atoms with Crippen LogP contribution >= 0.6 is 0 Å². The van der Waals surface area contributed by atoms with Gasteiger partial charge < -0.3 is 14.2 Å². The van der Waals surface area contributed by atoms with E-state index in [0.29, 0.717) is 34.4 Å². The van der Waals surface area contributed by atoms with Gasteiger partial charge in [0.1, 0.15) is 0 Å². The van der Waals surface area contributed by atoms with Crippen LogP contribution in [0.2, 0.25) is 0 Å². The topological polar surface area (TPSA) is 81.2 Å². The molecule has 0 aliphatic heterocycles. The molecule has 0 aliphatic carbocycles. The summed E-state index contributed by atoms with van der Waals surface area (Å²) in [7, 11) is 0. The van der Waals surface area contributed by atoms with Crippen LogP contribution in [-0.4, -0.2) is 16.1 Å². The zero-order valence-electron chi connectivity index (χ0n) is 14.0. The first-order valence-corrected chi connectivity index (χ1v) is 8.05. The van der Waals surface area contributed by atoms with Gasteiger partial charge in [-0.25, -0.2) is 0 Å². The minimum absolute atomic E-state index is 0.177. The lowest BCUT2D eigenvalue weighted by Gasteiger charge is -2.06. The molecule has 6 nitrogen and oxygen atoms in total. The van der Waals surface area contributed by atoms with E-state index in [1.54, 1.807) is 42.7 Å². The number of benzene rings is 2. The molecule has 0 fully saturated rings. The first kappa shape index (κ1) is 15.8. The zero-order chi connectivity index (χ0) is 17.9. The van der Waals surface area contributed by atoms with Gasteiger partial charge in [0.25, 0.3) is 11.8 Å². The number of anilines is 1. The summed E-state index contributed by atoms with van der Waals surface area (Å²) >= 11 is 0. The molecule has 0 spiro atoms. The van der Waals surface area contributed by atoms with Crippen molar-refractivity contribution in [1.82, 2.24) is 10.2 Å². The quantitative estimate of drug-likeness (QED) is 0.586. The summed E-state index contributed by atoms with van der Waals surface area (Å²) in [6.45, 7) is 1.98. The minimum atomic E-state index is -0.177. The van der Waals surface area contributed by atoms with Crippen molar-refractivity contribution >= 4 is 11.6 Å². The number of furan rings is 1. The molecule has 0 saturated carbocycles. The van der Waals surface area contributed by atoms with Gasteiger partial charge in [0.2, 0.25) is 5.89 Å². The average molecular weight is 345 g/mol. The Balaban J connectivity index is 1.55. The van der Waals surface area contributed by atoms with Crippen LogP contribution in [-0.2, 0) is 0 Å². The molecule has 2 aromatic heterocycles. The Kier molecular flexibility index (Phi) is 4.07. The van der Waals surface area contributed by atoms with Crippen LogP contribution < -0.4 is 5.32 Å². The standard InChI is InChI=1S/C20H15N3O3/c1-13-7-9-14(10-8-13)18(24)21-16-5-2-4-15(12-16)19-22-23-20(26-19)17-6-3-11-25-17/h2-12H,1H3,(H,21,24). The normalized spacial score (nSPS) is 10.7. The molecule has 0 atom stereocenters. The molecule has 0 aliphatic rings. The molecule has 0 saturated heterocycles. The number of nitrogens with one attached hydrogen (secondary N) is 1. The SMILES string of the molecule is Cc1ccc(C(=O)Nc2cccc(-c3nnc(-c4ccco4)o3)c2)cc1. The number of carbonyl (C=O) groups is 1. The molecular formula is C20H15N3O3. The molecule has 0 radical (unpaired) electrons. The van der Waals surface area contributed by atoms with E-state index in [-0.39, 0.29) is 5.91 Å². The highest BCUT2D eigenvalue weighted by atomic mass is 16.4. The number of nitrogens with zero attached hydrogens (tertiary/aromatic N) is 2. The smallest absolute Gasteiger partial charge is 0.283 e. The average Bonchev–Trinajstić information content (AvgIpc) is 3.34. The van der Waals surface area contributed by atoms with Gasteiger partial charge in [0.05, 0.1) is 6.26 Å². The monoisotopic (exact) mass is 345 g/mol. The Labute approximate surface area is 149 Å². The summed E-state index contributed by atoms with van der Waals surface area (Å²) < 4.78 is 10.9. The van der Waals surface area contributed by atoms with E-state index in [0.717, 1.165) is 5.56 Å². The van der Waals surface area contributed by atoms with Crippen molar-refractivity contribution in [2.75, 3.05) is 5.32 Å². The van der Waals surface area contributed by atoms with Crippen molar-refractivity contribution < 1.29 is 13.6 Å². The van der Waals surface area contributed by atoms with E-state index < -0.39 is 0 Å². The molecule has 26 heavy (non-hydrogen) atoms. The summed E-state index contributed by atoms with van der Waals surface area (Å²) in [5.41, 5.74) is 3.05. The Morgan fingerprint density at radius 2 is 1.77 bits per heavy atom. The van der Waals surface area contributed by atoms with Crippen LogP contribution in [0.3, 0.4) is 0 Å². The summed E-state index contributed by atoms with van der Waals surface area (Å²) in [6, 6.07) is 18.1. The summed E-state index contributed by atoms with van der Waals surface area (Å²) in [5.74, 6) is 0.985. The van der Waals surface area contributed by atoms with Gasteiger partial charge in [-0.15, -0.1) is 10.2 Å². The highest BCUT2D eigenvalue weighted by Crippen LogP contribution is 2.26. The molecule has 4 rings (SSSR count).